The molecule has 1 N–H and O–H groups in total. The number of hydrogen-bond donors (Lipinski definition) is 1. The first-order valence-electron chi connectivity index (χ1n) is 7.13. The quantitative estimate of drug-likeness (QED) is 0.644. The Bertz CT molecular complexity index is 786. The molecule has 0 aromatic carbocycles. The molecule has 0 amide bonds. The van der Waals surface area contributed by atoms with Crippen molar-refractivity contribution in [2.24, 2.45) is 0 Å². The summed E-state index contributed by atoms with van der Waals surface area (Å²) in [6.45, 7) is 11.9. The molecule has 3 rings (SSSR count). The fraction of sp³-hybridized carbons (Fsp3) is 0.375. The highest BCUT2D eigenvalue weighted by molar-refractivity contribution is 7.27. The Morgan fingerprint density at radius 3 is 1.43 bits per heavy atom. The largest absolute Gasteiger partial charge is 0.288 e. The van der Waals surface area contributed by atoms with Crippen LogP contribution in [0, 0.1) is 13.8 Å². The van der Waals surface area contributed by atoms with Crippen molar-refractivity contribution in [2.75, 3.05) is 0 Å². The van der Waals surface area contributed by atoms with Crippen molar-refractivity contribution in [3.63, 3.8) is 0 Å². The lowest BCUT2D eigenvalue weighted by molar-refractivity contribution is 1.23. The molecule has 0 aliphatic heterocycles. The molecule has 0 unspecified atom stereocenters. The van der Waals surface area contributed by atoms with Gasteiger partial charge in [-0.1, -0.05) is 27.7 Å². The first-order chi connectivity index (χ1) is 10.1. The standard InChI is InChI=1S/C12H9NO2S2.2C2H6/c1-5-3-7-9(16-5)10-8(4-6(2)17-10)12(15)13-11(7)14;2*1-2/h3-4H,1-2H3,(H,13,14,15);2*1-2H3. The summed E-state index contributed by atoms with van der Waals surface area (Å²) in [6.07, 6.45) is 0. The van der Waals surface area contributed by atoms with E-state index in [2.05, 4.69) is 4.98 Å². The van der Waals surface area contributed by atoms with Crippen LogP contribution in [-0.4, -0.2) is 4.98 Å². The first-order valence-corrected chi connectivity index (χ1v) is 8.76. The Hall–Kier alpha value is -1.46. The van der Waals surface area contributed by atoms with Crippen molar-refractivity contribution in [3.05, 3.63) is 42.6 Å². The van der Waals surface area contributed by atoms with Gasteiger partial charge in [-0.15, -0.1) is 22.7 Å². The van der Waals surface area contributed by atoms with Gasteiger partial charge in [-0.3, -0.25) is 14.6 Å². The van der Waals surface area contributed by atoms with Gasteiger partial charge in [0.2, 0.25) is 0 Å². The molecule has 3 nitrogen and oxygen atoms in total. The van der Waals surface area contributed by atoms with E-state index in [-0.39, 0.29) is 11.1 Å². The maximum Gasteiger partial charge on any atom is 0.259 e. The second-order valence-electron chi connectivity index (χ2n) is 3.98. The smallest absolute Gasteiger partial charge is 0.259 e. The average Bonchev–Trinajstić information content (AvgIpc) is 3.04. The molecule has 21 heavy (non-hydrogen) atoms. The molecule has 0 spiro atoms. The highest BCUT2D eigenvalue weighted by Gasteiger charge is 2.10. The van der Waals surface area contributed by atoms with Crippen LogP contribution in [-0.2, 0) is 0 Å². The van der Waals surface area contributed by atoms with Crippen LogP contribution in [0.25, 0.3) is 20.2 Å². The van der Waals surface area contributed by atoms with E-state index in [9.17, 15) is 9.59 Å². The number of nitrogens with one attached hydrogen (secondary N) is 1. The van der Waals surface area contributed by atoms with E-state index >= 15 is 0 Å². The molecule has 114 valence electrons. The summed E-state index contributed by atoms with van der Waals surface area (Å²) in [4.78, 5) is 28.3. The second-order valence-corrected chi connectivity index (χ2v) is 6.50. The van der Waals surface area contributed by atoms with Crippen LogP contribution in [0.3, 0.4) is 0 Å². The molecule has 0 atom stereocenters. The molecule has 3 aromatic rings. The Balaban J connectivity index is 0.000000510. The van der Waals surface area contributed by atoms with Gasteiger partial charge < -0.3 is 0 Å². The van der Waals surface area contributed by atoms with Crippen LogP contribution in [0.5, 0.6) is 0 Å². The predicted molar refractivity (Wildman–Crippen MR) is 96.3 cm³/mol. The summed E-state index contributed by atoms with van der Waals surface area (Å²) >= 11 is 3.13. The number of aromatic nitrogens is 1. The lowest BCUT2D eigenvalue weighted by Crippen LogP contribution is -2.13. The maximum atomic E-state index is 11.9. The number of H-pyrrole nitrogens is 1. The summed E-state index contributed by atoms with van der Waals surface area (Å²) in [5, 5.41) is 1.22. The molecule has 0 aliphatic rings. The highest BCUT2D eigenvalue weighted by atomic mass is 32.1. The van der Waals surface area contributed by atoms with Gasteiger partial charge in [0, 0.05) is 9.75 Å². The minimum absolute atomic E-state index is 0.296. The van der Waals surface area contributed by atoms with Crippen molar-refractivity contribution in [2.45, 2.75) is 41.5 Å². The lowest BCUT2D eigenvalue weighted by Gasteiger charge is -1.80. The Kier molecular flexibility index (Phi) is 6.30. The molecule has 3 aromatic heterocycles. The van der Waals surface area contributed by atoms with Gasteiger partial charge in [0.05, 0.1) is 20.2 Å². The van der Waals surface area contributed by atoms with E-state index in [1.807, 2.05) is 53.7 Å². The SMILES string of the molecule is CC.CC.Cc1cc2c(=O)[nH]c(=O)c3cc(C)sc3c2s1. The van der Waals surface area contributed by atoms with Gasteiger partial charge in [0.25, 0.3) is 11.1 Å². The zero-order valence-corrected chi connectivity index (χ0v) is 14.9. The van der Waals surface area contributed by atoms with Crippen LogP contribution in [0.2, 0.25) is 0 Å². The zero-order chi connectivity index (χ0) is 16.2. The Labute approximate surface area is 132 Å². The number of hydrogen-bond acceptors (Lipinski definition) is 4. The van der Waals surface area contributed by atoms with Gasteiger partial charge in [-0.25, -0.2) is 0 Å². The number of fused-ring (bicyclic) bond motifs is 3. The number of rotatable bonds is 0. The molecular formula is C16H21NO2S2. The predicted octanol–water partition coefficient (Wildman–Crippen LogP) is 4.83. The minimum Gasteiger partial charge on any atom is -0.288 e. The van der Waals surface area contributed by atoms with Crippen molar-refractivity contribution in [1.82, 2.24) is 4.98 Å². The van der Waals surface area contributed by atoms with Gasteiger partial charge in [0.15, 0.2) is 0 Å². The normalized spacial score (nSPS) is 9.81. The van der Waals surface area contributed by atoms with E-state index in [0.29, 0.717) is 10.8 Å². The number of aryl methyl sites for hydroxylation is 2. The van der Waals surface area contributed by atoms with Crippen LogP contribution in [0.15, 0.2) is 21.7 Å². The van der Waals surface area contributed by atoms with E-state index in [4.69, 9.17) is 0 Å². The van der Waals surface area contributed by atoms with Gasteiger partial charge in [0.1, 0.15) is 0 Å². The maximum absolute atomic E-state index is 11.9. The van der Waals surface area contributed by atoms with E-state index < -0.39 is 0 Å². The third kappa shape index (κ3) is 3.41. The average molecular weight is 323 g/mol. The third-order valence-corrected chi connectivity index (χ3v) is 4.90. The second kappa shape index (κ2) is 7.52. The number of thiophene rings is 2. The summed E-state index contributed by atoms with van der Waals surface area (Å²) in [5.41, 5.74) is -0.592. The monoisotopic (exact) mass is 323 g/mol. The summed E-state index contributed by atoms with van der Waals surface area (Å²) in [7, 11) is 0. The first kappa shape index (κ1) is 17.6. The van der Waals surface area contributed by atoms with Gasteiger partial charge >= 0.3 is 0 Å². The zero-order valence-electron chi connectivity index (χ0n) is 13.3. The van der Waals surface area contributed by atoms with Gasteiger partial charge in [-0.05, 0) is 26.0 Å². The molecule has 0 aliphatic carbocycles. The van der Waals surface area contributed by atoms with E-state index in [0.717, 1.165) is 19.2 Å². The van der Waals surface area contributed by atoms with E-state index in [1.165, 1.54) is 0 Å². The van der Waals surface area contributed by atoms with Gasteiger partial charge in [-0.2, -0.15) is 0 Å². The van der Waals surface area contributed by atoms with Crippen LogP contribution in [0.1, 0.15) is 37.4 Å². The van der Waals surface area contributed by atoms with Crippen molar-refractivity contribution in [3.8, 4) is 0 Å². The molecule has 0 saturated heterocycles. The van der Waals surface area contributed by atoms with Crippen LogP contribution in [0.4, 0.5) is 0 Å². The summed E-state index contributed by atoms with van der Waals surface area (Å²) in [6, 6.07) is 3.68. The molecular weight excluding hydrogens is 302 g/mol. The van der Waals surface area contributed by atoms with Crippen molar-refractivity contribution < 1.29 is 0 Å². The Morgan fingerprint density at radius 1 is 0.762 bits per heavy atom. The van der Waals surface area contributed by atoms with Crippen molar-refractivity contribution in [1.29, 1.82) is 0 Å². The Morgan fingerprint density at radius 2 is 1.10 bits per heavy atom. The van der Waals surface area contributed by atoms with Crippen LogP contribution < -0.4 is 11.1 Å². The molecule has 0 radical (unpaired) electrons. The fourth-order valence-electron chi connectivity index (χ4n) is 1.94. The fourth-order valence-corrected chi connectivity index (χ4v) is 4.12. The lowest BCUT2D eigenvalue weighted by atomic mass is 10.3. The molecule has 0 fully saturated rings. The van der Waals surface area contributed by atoms with Crippen molar-refractivity contribution >= 4 is 42.8 Å². The molecule has 3 heterocycles. The summed E-state index contributed by atoms with van der Waals surface area (Å²) in [5.74, 6) is 0. The molecule has 0 bridgehead atoms. The number of aromatic amines is 1. The topological polar surface area (TPSA) is 49.9 Å². The third-order valence-electron chi connectivity index (χ3n) is 2.63. The van der Waals surface area contributed by atoms with E-state index in [1.54, 1.807) is 22.7 Å². The molecule has 0 saturated carbocycles. The molecule has 5 heteroatoms. The van der Waals surface area contributed by atoms with Crippen LogP contribution >= 0.6 is 22.7 Å². The summed E-state index contributed by atoms with van der Waals surface area (Å²) < 4.78 is 1.83. The minimum atomic E-state index is -0.296. The highest BCUT2D eigenvalue weighted by Crippen LogP contribution is 2.32.